The molecule has 0 aromatic heterocycles. The molecule has 0 fully saturated rings. The van der Waals surface area contributed by atoms with Crippen molar-refractivity contribution in [2.45, 2.75) is 33.1 Å². The molecule has 0 atom stereocenters. The van der Waals surface area contributed by atoms with Gasteiger partial charge in [0, 0.05) is 5.69 Å². The molecule has 2 aromatic rings. The van der Waals surface area contributed by atoms with Crippen molar-refractivity contribution in [1.82, 2.24) is 0 Å². The third-order valence-corrected chi connectivity index (χ3v) is 3.36. The minimum Gasteiger partial charge on any atom is -0.398 e. The summed E-state index contributed by atoms with van der Waals surface area (Å²) in [7, 11) is 0. The molecule has 2 heteroatoms. The molecule has 1 nitrogen and oxygen atoms in total. The van der Waals surface area contributed by atoms with E-state index in [2.05, 4.69) is 26.8 Å². The average Bonchev–Trinajstić information content (AvgIpc) is 2.29. The molecule has 0 heterocycles. The Morgan fingerprint density at radius 2 is 1.58 bits per heavy atom. The first-order valence-electron chi connectivity index (χ1n) is 6.45. The predicted molar refractivity (Wildman–Crippen MR) is 79.7 cm³/mol. The molecule has 0 aliphatic rings. The van der Waals surface area contributed by atoms with Crippen LogP contribution in [0.15, 0.2) is 36.4 Å². The highest BCUT2D eigenvalue weighted by molar-refractivity contribution is 5.72. The number of aryl methyl sites for hydroxylation is 1. The second-order valence-corrected chi connectivity index (χ2v) is 6.01. The van der Waals surface area contributed by atoms with Crippen molar-refractivity contribution in [2.75, 3.05) is 5.73 Å². The van der Waals surface area contributed by atoms with E-state index in [0.717, 1.165) is 27.9 Å². The molecule has 2 aromatic carbocycles. The maximum Gasteiger partial charge on any atom is 0.123 e. The van der Waals surface area contributed by atoms with E-state index in [1.165, 1.54) is 12.1 Å². The van der Waals surface area contributed by atoms with Gasteiger partial charge < -0.3 is 5.73 Å². The van der Waals surface area contributed by atoms with Crippen LogP contribution in [0.4, 0.5) is 10.1 Å². The van der Waals surface area contributed by atoms with Gasteiger partial charge in [0.2, 0.25) is 0 Å². The standard InChI is InChI=1S/C17H20FN/c1-11-9-16(19)15(17(2,3)4)10-14(11)12-5-7-13(18)8-6-12/h5-10H,19H2,1-4H3. The molecule has 2 rings (SSSR count). The summed E-state index contributed by atoms with van der Waals surface area (Å²) in [6.07, 6.45) is 0. The summed E-state index contributed by atoms with van der Waals surface area (Å²) < 4.78 is 13.0. The number of hydrogen-bond acceptors (Lipinski definition) is 1. The summed E-state index contributed by atoms with van der Waals surface area (Å²) in [6, 6.07) is 10.7. The molecule has 0 bridgehead atoms. The van der Waals surface area contributed by atoms with Crippen molar-refractivity contribution in [3.8, 4) is 11.1 Å². The molecule has 0 unspecified atom stereocenters. The zero-order valence-electron chi connectivity index (χ0n) is 11.9. The van der Waals surface area contributed by atoms with Crippen LogP contribution in [0.2, 0.25) is 0 Å². The van der Waals surface area contributed by atoms with Gasteiger partial charge in [-0.3, -0.25) is 0 Å². The summed E-state index contributed by atoms with van der Waals surface area (Å²) in [5.74, 6) is -0.215. The number of rotatable bonds is 1. The largest absolute Gasteiger partial charge is 0.398 e. The van der Waals surface area contributed by atoms with Crippen LogP contribution in [0.1, 0.15) is 31.9 Å². The van der Waals surface area contributed by atoms with Gasteiger partial charge in [-0.2, -0.15) is 0 Å². The van der Waals surface area contributed by atoms with Crippen molar-refractivity contribution < 1.29 is 4.39 Å². The molecule has 0 aliphatic carbocycles. The fourth-order valence-electron chi connectivity index (χ4n) is 2.32. The lowest BCUT2D eigenvalue weighted by Gasteiger charge is -2.23. The molecule has 2 N–H and O–H groups in total. The molecular weight excluding hydrogens is 237 g/mol. The van der Waals surface area contributed by atoms with Crippen LogP contribution in [0.3, 0.4) is 0 Å². The van der Waals surface area contributed by atoms with Crippen molar-refractivity contribution in [2.24, 2.45) is 0 Å². The highest BCUT2D eigenvalue weighted by atomic mass is 19.1. The summed E-state index contributed by atoms with van der Waals surface area (Å²) >= 11 is 0. The van der Waals surface area contributed by atoms with E-state index in [9.17, 15) is 4.39 Å². The summed E-state index contributed by atoms with van der Waals surface area (Å²) in [4.78, 5) is 0. The quantitative estimate of drug-likeness (QED) is 0.737. The maximum absolute atomic E-state index is 13.0. The van der Waals surface area contributed by atoms with Crippen molar-refractivity contribution in [1.29, 1.82) is 0 Å². The van der Waals surface area contributed by atoms with Gasteiger partial charge in [-0.25, -0.2) is 4.39 Å². The third kappa shape index (κ3) is 2.78. The Kier molecular flexibility index (Phi) is 3.36. The topological polar surface area (TPSA) is 26.0 Å². The first-order chi connectivity index (χ1) is 8.79. The van der Waals surface area contributed by atoms with E-state index in [1.54, 1.807) is 12.1 Å². The number of nitrogen functional groups attached to an aromatic ring is 1. The number of nitrogens with two attached hydrogens (primary N) is 1. The van der Waals surface area contributed by atoms with E-state index in [1.807, 2.05) is 13.0 Å². The first-order valence-corrected chi connectivity index (χ1v) is 6.45. The van der Waals surface area contributed by atoms with Gasteiger partial charge in [0.25, 0.3) is 0 Å². The van der Waals surface area contributed by atoms with E-state index in [4.69, 9.17) is 5.73 Å². The van der Waals surface area contributed by atoms with Gasteiger partial charge in [-0.05, 0) is 58.9 Å². The SMILES string of the molecule is Cc1cc(N)c(C(C)(C)C)cc1-c1ccc(F)cc1. The molecular formula is C17H20FN. The second kappa shape index (κ2) is 4.69. The molecule has 0 amide bonds. The van der Waals surface area contributed by atoms with Crippen LogP contribution >= 0.6 is 0 Å². The lowest BCUT2D eigenvalue weighted by atomic mass is 9.83. The minimum atomic E-state index is -0.215. The zero-order chi connectivity index (χ0) is 14.2. The van der Waals surface area contributed by atoms with Gasteiger partial charge in [0.1, 0.15) is 5.82 Å². The normalized spacial score (nSPS) is 11.6. The summed E-state index contributed by atoms with van der Waals surface area (Å²) in [5, 5.41) is 0. The van der Waals surface area contributed by atoms with E-state index in [-0.39, 0.29) is 11.2 Å². The Bertz CT molecular complexity index is 592. The highest BCUT2D eigenvalue weighted by Gasteiger charge is 2.18. The molecule has 0 radical (unpaired) electrons. The van der Waals surface area contributed by atoms with E-state index >= 15 is 0 Å². The minimum absolute atomic E-state index is 0.00738. The predicted octanol–water partition coefficient (Wildman–Crippen LogP) is 4.68. The second-order valence-electron chi connectivity index (χ2n) is 6.01. The van der Waals surface area contributed by atoms with Crippen LogP contribution in [0, 0.1) is 12.7 Å². The van der Waals surface area contributed by atoms with Gasteiger partial charge in [-0.15, -0.1) is 0 Å². The van der Waals surface area contributed by atoms with Gasteiger partial charge in [0.05, 0.1) is 0 Å². The van der Waals surface area contributed by atoms with Crippen molar-refractivity contribution in [3.05, 3.63) is 53.3 Å². The lowest BCUT2D eigenvalue weighted by Crippen LogP contribution is -2.14. The number of hydrogen-bond donors (Lipinski definition) is 1. The molecule has 0 aliphatic heterocycles. The fourth-order valence-corrected chi connectivity index (χ4v) is 2.32. The molecule has 100 valence electrons. The molecule has 19 heavy (non-hydrogen) atoms. The Hall–Kier alpha value is -1.83. The van der Waals surface area contributed by atoms with Crippen LogP contribution in [-0.4, -0.2) is 0 Å². The number of halogens is 1. The molecule has 0 spiro atoms. The molecule has 0 saturated carbocycles. The monoisotopic (exact) mass is 257 g/mol. The van der Waals surface area contributed by atoms with E-state index in [0.29, 0.717) is 0 Å². The van der Waals surface area contributed by atoms with Gasteiger partial charge in [-0.1, -0.05) is 32.9 Å². The van der Waals surface area contributed by atoms with Crippen molar-refractivity contribution >= 4 is 5.69 Å². The Morgan fingerprint density at radius 1 is 1.00 bits per heavy atom. The van der Waals surface area contributed by atoms with Crippen LogP contribution < -0.4 is 5.73 Å². The fraction of sp³-hybridized carbons (Fsp3) is 0.294. The van der Waals surface area contributed by atoms with Gasteiger partial charge in [0.15, 0.2) is 0 Å². The van der Waals surface area contributed by atoms with E-state index < -0.39 is 0 Å². The lowest BCUT2D eigenvalue weighted by molar-refractivity contribution is 0.592. The Balaban J connectivity index is 2.61. The smallest absolute Gasteiger partial charge is 0.123 e. The summed E-state index contributed by atoms with van der Waals surface area (Å²) in [5.41, 5.74) is 11.3. The molecule has 0 saturated heterocycles. The zero-order valence-corrected chi connectivity index (χ0v) is 11.9. The number of anilines is 1. The Labute approximate surface area is 114 Å². The Morgan fingerprint density at radius 3 is 2.11 bits per heavy atom. The maximum atomic E-state index is 13.0. The number of benzene rings is 2. The van der Waals surface area contributed by atoms with Crippen LogP contribution in [0.5, 0.6) is 0 Å². The highest BCUT2D eigenvalue weighted by Crippen LogP contribution is 2.34. The average molecular weight is 257 g/mol. The third-order valence-electron chi connectivity index (χ3n) is 3.36. The van der Waals surface area contributed by atoms with Gasteiger partial charge >= 0.3 is 0 Å². The van der Waals surface area contributed by atoms with Crippen LogP contribution in [-0.2, 0) is 5.41 Å². The van der Waals surface area contributed by atoms with Crippen LogP contribution in [0.25, 0.3) is 11.1 Å². The summed E-state index contributed by atoms with van der Waals surface area (Å²) in [6.45, 7) is 8.45. The van der Waals surface area contributed by atoms with Crippen molar-refractivity contribution in [3.63, 3.8) is 0 Å². The first kappa shape index (κ1) is 13.6.